The lowest BCUT2D eigenvalue weighted by atomic mass is 10.1. The Labute approximate surface area is 172 Å². The third kappa shape index (κ3) is 4.62. The van der Waals surface area contributed by atoms with Crippen molar-refractivity contribution in [2.75, 3.05) is 13.2 Å². The molecule has 1 aliphatic heterocycles. The highest BCUT2D eigenvalue weighted by Gasteiger charge is 2.38. The monoisotopic (exact) mass is 412 g/mol. The Kier molecular flexibility index (Phi) is 6.41. The lowest BCUT2D eigenvalue weighted by molar-refractivity contribution is -0.385. The predicted molar refractivity (Wildman–Crippen MR) is 106 cm³/mol. The molecule has 0 saturated heterocycles. The van der Waals surface area contributed by atoms with E-state index in [1.165, 1.54) is 11.6 Å². The first-order valence-corrected chi connectivity index (χ1v) is 9.45. The van der Waals surface area contributed by atoms with E-state index in [4.69, 9.17) is 9.84 Å². The molecule has 1 heterocycles. The summed E-state index contributed by atoms with van der Waals surface area (Å²) in [7, 11) is 0. The molecule has 2 aromatic carbocycles. The number of carbonyl (C=O) groups excluding carboxylic acids is 2. The molecule has 0 fully saturated rings. The molecule has 1 aliphatic rings. The maximum atomic E-state index is 12.5. The van der Waals surface area contributed by atoms with Gasteiger partial charge in [0.05, 0.1) is 29.1 Å². The van der Waals surface area contributed by atoms with E-state index in [-0.39, 0.29) is 30.0 Å². The van der Waals surface area contributed by atoms with Crippen molar-refractivity contribution in [1.82, 2.24) is 4.90 Å². The van der Waals surface area contributed by atoms with Crippen molar-refractivity contribution in [2.24, 2.45) is 0 Å². The number of nitrogens with zero attached hydrogens (tertiary/aromatic N) is 2. The quantitative estimate of drug-likeness (QED) is 0.275. The zero-order valence-corrected chi connectivity index (χ0v) is 16.1. The van der Waals surface area contributed by atoms with Gasteiger partial charge in [0.1, 0.15) is 0 Å². The summed E-state index contributed by atoms with van der Waals surface area (Å²) in [5.41, 5.74) is 0.647. The molecule has 0 aliphatic carbocycles. The van der Waals surface area contributed by atoms with Crippen LogP contribution in [0.4, 0.5) is 5.69 Å². The van der Waals surface area contributed by atoms with E-state index in [1.807, 2.05) is 30.3 Å². The van der Waals surface area contributed by atoms with Crippen LogP contribution in [0.1, 0.15) is 45.5 Å². The van der Waals surface area contributed by atoms with Gasteiger partial charge >= 0.3 is 11.7 Å². The molecule has 0 atom stereocenters. The van der Waals surface area contributed by atoms with Gasteiger partial charge in [-0.1, -0.05) is 30.3 Å². The molecule has 156 valence electrons. The summed E-state index contributed by atoms with van der Waals surface area (Å²) in [4.78, 5) is 47.1. The number of carboxylic acid groups (broad SMARTS) is 1. The largest absolute Gasteiger partial charge is 0.487 e. The third-order valence-corrected chi connectivity index (χ3v) is 4.76. The van der Waals surface area contributed by atoms with Crippen LogP contribution in [0.15, 0.2) is 42.5 Å². The Balaban J connectivity index is 1.68. The number of fused-ring (bicyclic) bond motifs is 1. The van der Waals surface area contributed by atoms with E-state index in [0.717, 1.165) is 23.8 Å². The number of aryl methyl sites for hydroxylation is 1. The van der Waals surface area contributed by atoms with E-state index in [1.54, 1.807) is 0 Å². The topological polar surface area (TPSA) is 127 Å². The highest BCUT2D eigenvalue weighted by atomic mass is 16.6. The van der Waals surface area contributed by atoms with Gasteiger partial charge in [0, 0.05) is 18.7 Å². The number of amides is 2. The summed E-state index contributed by atoms with van der Waals surface area (Å²) in [6.45, 7) is -0.0809. The van der Waals surface area contributed by atoms with Gasteiger partial charge in [-0.3, -0.25) is 29.4 Å². The maximum Gasteiger partial charge on any atom is 0.311 e. The molecule has 0 unspecified atom stereocenters. The first kappa shape index (κ1) is 21.0. The first-order valence-electron chi connectivity index (χ1n) is 9.45. The molecule has 30 heavy (non-hydrogen) atoms. The normalized spacial score (nSPS) is 12.7. The molecule has 0 radical (unpaired) electrons. The van der Waals surface area contributed by atoms with Crippen molar-refractivity contribution in [3.05, 3.63) is 69.3 Å². The van der Waals surface area contributed by atoms with Crippen molar-refractivity contribution >= 4 is 23.5 Å². The average molecular weight is 412 g/mol. The predicted octanol–water partition coefficient (Wildman–Crippen LogP) is 3.07. The standard InChI is InChI=1S/C21H20N2O7/c24-19(25)9-10-22-20(26)15-12-17(23(28)29)18(13-16(15)21(22)27)30-11-5-4-8-14-6-2-1-3-7-14/h1-3,6-7,12-13H,4-5,8-11H2,(H,24,25). The van der Waals surface area contributed by atoms with Crippen LogP contribution in [0.3, 0.4) is 0 Å². The van der Waals surface area contributed by atoms with Gasteiger partial charge in [-0.05, 0) is 24.8 Å². The number of nitro groups is 1. The Morgan fingerprint density at radius 3 is 2.37 bits per heavy atom. The second-order valence-electron chi connectivity index (χ2n) is 6.82. The van der Waals surface area contributed by atoms with Crippen LogP contribution in [0, 0.1) is 10.1 Å². The highest BCUT2D eigenvalue weighted by Crippen LogP contribution is 2.35. The highest BCUT2D eigenvalue weighted by molar-refractivity contribution is 6.22. The van der Waals surface area contributed by atoms with Gasteiger partial charge in [0.15, 0.2) is 5.75 Å². The number of rotatable bonds is 10. The Morgan fingerprint density at radius 2 is 1.73 bits per heavy atom. The van der Waals surface area contributed by atoms with Gasteiger partial charge < -0.3 is 9.84 Å². The molecule has 9 heteroatoms. The van der Waals surface area contributed by atoms with Gasteiger partial charge in [0.25, 0.3) is 11.8 Å². The molecule has 1 N–H and O–H groups in total. The van der Waals surface area contributed by atoms with Crippen LogP contribution >= 0.6 is 0 Å². The minimum Gasteiger partial charge on any atom is -0.487 e. The molecule has 2 aromatic rings. The molecular weight excluding hydrogens is 392 g/mol. The SMILES string of the molecule is O=C(O)CCN1C(=O)c2cc(OCCCCc3ccccc3)c([N+](=O)[O-])cc2C1=O. The van der Waals surface area contributed by atoms with Crippen molar-refractivity contribution in [3.63, 3.8) is 0 Å². The minimum atomic E-state index is -1.16. The van der Waals surface area contributed by atoms with Crippen molar-refractivity contribution in [3.8, 4) is 5.75 Å². The van der Waals surface area contributed by atoms with Crippen LogP contribution in [-0.4, -0.2) is 45.9 Å². The molecule has 0 aromatic heterocycles. The number of imide groups is 1. The Morgan fingerprint density at radius 1 is 1.07 bits per heavy atom. The van der Waals surface area contributed by atoms with Crippen LogP contribution in [-0.2, 0) is 11.2 Å². The molecular formula is C21H20N2O7. The summed E-state index contributed by atoms with van der Waals surface area (Å²) >= 11 is 0. The second-order valence-corrected chi connectivity index (χ2v) is 6.82. The number of unbranched alkanes of at least 4 members (excludes halogenated alkanes) is 1. The lowest BCUT2D eigenvalue weighted by Crippen LogP contribution is -2.31. The molecule has 2 amide bonds. The van der Waals surface area contributed by atoms with Crippen molar-refractivity contribution in [1.29, 1.82) is 0 Å². The maximum absolute atomic E-state index is 12.5. The number of hydrogen-bond acceptors (Lipinski definition) is 6. The Bertz CT molecular complexity index is 988. The molecule has 3 rings (SSSR count). The number of ether oxygens (including phenoxy) is 1. The summed E-state index contributed by atoms with van der Waals surface area (Å²) in [6, 6.07) is 12.1. The summed E-state index contributed by atoms with van der Waals surface area (Å²) < 4.78 is 5.56. The summed E-state index contributed by atoms with van der Waals surface area (Å²) in [5.74, 6) is -2.66. The molecule has 9 nitrogen and oxygen atoms in total. The number of hydrogen-bond donors (Lipinski definition) is 1. The fraction of sp³-hybridized carbons (Fsp3) is 0.286. The van der Waals surface area contributed by atoms with Gasteiger partial charge in [-0.2, -0.15) is 0 Å². The number of nitro benzene ring substituents is 1. The molecule has 0 spiro atoms. The average Bonchev–Trinajstić information content (AvgIpc) is 2.95. The smallest absolute Gasteiger partial charge is 0.311 e. The van der Waals surface area contributed by atoms with Crippen LogP contribution in [0.5, 0.6) is 5.75 Å². The summed E-state index contributed by atoms with van der Waals surface area (Å²) in [6.07, 6.45) is 1.92. The van der Waals surface area contributed by atoms with Crippen molar-refractivity contribution < 1.29 is 29.2 Å². The van der Waals surface area contributed by atoms with Gasteiger partial charge in [0.2, 0.25) is 0 Å². The van der Waals surface area contributed by atoms with Crippen molar-refractivity contribution in [2.45, 2.75) is 25.7 Å². The fourth-order valence-corrected chi connectivity index (χ4v) is 3.23. The fourth-order valence-electron chi connectivity index (χ4n) is 3.23. The third-order valence-electron chi connectivity index (χ3n) is 4.76. The van der Waals surface area contributed by atoms with E-state index in [0.29, 0.717) is 6.42 Å². The zero-order valence-electron chi connectivity index (χ0n) is 16.1. The number of aliphatic carboxylic acids is 1. The lowest BCUT2D eigenvalue weighted by Gasteiger charge is -2.11. The van der Waals surface area contributed by atoms with Crippen LogP contribution in [0.2, 0.25) is 0 Å². The minimum absolute atomic E-state index is 0.0183. The van der Waals surface area contributed by atoms with Gasteiger partial charge in [-0.25, -0.2) is 0 Å². The molecule has 0 bridgehead atoms. The van der Waals surface area contributed by atoms with Crippen LogP contribution < -0.4 is 4.74 Å². The van der Waals surface area contributed by atoms with E-state index in [9.17, 15) is 24.5 Å². The summed E-state index contributed by atoms with van der Waals surface area (Å²) in [5, 5.41) is 20.2. The number of benzene rings is 2. The van der Waals surface area contributed by atoms with Gasteiger partial charge in [-0.15, -0.1) is 0 Å². The first-order chi connectivity index (χ1) is 14.4. The van der Waals surface area contributed by atoms with Crippen LogP contribution in [0.25, 0.3) is 0 Å². The second kappa shape index (κ2) is 9.17. The zero-order chi connectivity index (χ0) is 21.7. The number of carboxylic acids is 1. The molecule has 0 saturated carbocycles. The van der Waals surface area contributed by atoms with E-state index < -0.39 is 34.8 Å². The van der Waals surface area contributed by atoms with E-state index in [2.05, 4.69) is 0 Å². The van der Waals surface area contributed by atoms with E-state index >= 15 is 0 Å². The Hall–Kier alpha value is -3.75. The number of carbonyl (C=O) groups is 3.